The second-order valence-electron chi connectivity index (χ2n) is 5.08. The van der Waals surface area contributed by atoms with Crippen LogP contribution >= 0.6 is 0 Å². The average molecular weight is 289 g/mol. The Hall–Kier alpha value is -2.10. The van der Waals surface area contributed by atoms with Crippen LogP contribution in [0.5, 0.6) is 0 Å². The Bertz CT molecular complexity index is 523. The summed E-state index contributed by atoms with van der Waals surface area (Å²) in [7, 11) is 1.33. The summed E-state index contributed by atoms with van der Waals surface area (Å²) < 4.78 is 4.58. The highest BCUT2D eigenvalue weighted by molar-refractivity contribution is 5.96. The first-order chi connectivity index (χ1) is 9.99. The van der Waals surface area contributed by atoms with Crippen molar-refractivity contribution < 1.29 is 14.3 Å². The average Bonchev–Trinajstić information content (AvgIpc) is 2.50. The number of esters is 1. The van der Waals surface area contributed by atoms with Gasteiger partial charge >= 0.3 is 5.97 Å². The topological polar surface area (TPSA) is 55.4 Å². The molecule has 2 atom stereocenters. The summed E-state index contributed by atoms with van der Waals surface area (Å²) in [5.41, 5.74) is 1.58. The van der Waals surface area contributed by atoms with Crippen molar-refractivity contribution in [2.24, 2.45) is 5.92 Å². The lowest BCUT2D eigenvalue weighted by Crippen LogP contribution is -2.38. The molecule has 0 fully saturated rings. The Balaban J connectivity index is 2.86. The van der Waals surface area contributed by atoms with E-state index in [4.69, 9.17) is 0 Å². The summed E-state index contributed by atoms with van der Waals surface area (Å²) in [6.07, 6.45) is 3.94. The van der Waals surface area contributed by atoms with Crippen LogP contribution in [0.15, 0.2) is 36.4 Å². The van der Waals surface area contributed by atoms with Gasteiger partial charge in [-0.25, -0.2) is 4.79 Å². The van der Waals surface area contributed by atoms with Gasteiger partial charge in [0.1, 0.15) is 0 Å². The van der Waals surface area contributed by atoms with Crippen molar-refractivity contribution in [1.82, 2.24) is 5.32 Å². The number of carbonyl (C=O) groups is 2. The molecular formula is C17H23NO3. The fraction of sp³-hybridized carbons (Fsp3) is 0.412. The van der Waals surface area contributed by atoms with Gasteiger partial charge in [-0.15, -0.1) is 0 Å². The Labute approximate surface area is 126 Å². The first-order valence-electron chi connectivity index (χ1n) is 7.12. The molecule has 0 heterocycles. The van der Waals surface area contributed by atoms with Crippen molar-refractivity contribution in [3.63, 3.8) is 0 Å². The van der Waals surface area contributed by atoms with E-state index < -0.39 is 5.97 Å². The van der Waals surface area contributed by atoms with E-state index in [0.29, 0.717) is 5.56 Å². The third-order valence-electron chi connectivity index (χ3n) is 3.59. The van der Waals surface area contributed by atoms with E-state index in [1.807, 2.05) is 39.0 Å². The highest BCUT2D eigenvalue weighted by atomic mass is 16.5. The smallest absolute Gasteiger partial charge is 0.330 e. The fourth-order valence-electron chi connectivity index (χ4n) is 1.94. The number of aryl methyl sites for hydroxylation is 1. The number of nitrogens with one attached hydrogen (secondary N) is 1. The molecule has 1 aromatic rings. The number of ether oxygens (including phenoxy) is 1. The van der Waals surface area contributed by atoms with E-state index in [1.54, 1.807) is 12.1 Å². The molecule has 0 aliphatic heterocycles. The lowest BCUT2D eigenvalue weighted by atomic mass is 9.97. The summed E-state index contributed by atoms with van der Waals surface area (Å²) in [6, 6.07) is 7.22. The minimum Gasteiger partial charge on any atom is -0.466 e. The highest BCUT2D eigenvalue weighted by Crippen LogP contribution is 2.12. The first kappa shape index (κ1) is 17.0. The van der Waals surface area contributed by atoms with Crippen LogP contribution in [0.4, 0.5) is 0 Å². The molecule has 0 bridgehead atoms. The molecular weight excluding hydrogens is 266 g/mol. The zero-order chi connectivity index (χ0) is 15.8. The molecule has 1 amide bonds. The number of hydrogen-bond donors (Lipinski definition) is 1. The quantitative estimate of drug-likeness (QED) is 0.647. The van der Waals surface area contributed by atoms with Gasteiger partial charge in [-0.1, -0.05) is 44.5 Å². The fourth-order valence-corrected chi connectivity index (χ4v) is 1.94. The van der Waals surface area contributed by atoms with Crippen molar-refractivity contribution in [2.45, 2.75) is 33.2 Å². The number of amides is 1. The molecule has 0 radical (unpaired) electrons. The van der Waals surface area contributed by atoms with Crippen molar-refractivity contribution in [2.75, 3.05) is 7.11 Å². The Morgan fingerprint density at radius 3 is 2.57 bits per heavy atom. The monoisotopic (exact) mass is 289 g/mol. The number of rotatable bonds is 6. The third kappa shape index (κ3) is 5.06. The maximum atomic E-state index is 12.3. The van der Waals surface area contributed by atoms with Gasteiger partial charge < -0.3 is 10.1 Å². The van der Waals surface area contributed by atoms with E-state index in [2.05, 4.69) is 10.1 Å². The third-order valence-corrected chi connectivity index (χ3v) is 3.59. The van der Waals surface area contributed by atoms with Crippen LogP contribution in [0, 0.1) is 12.8 Å². The van der Waals surface area contributed by atoms with Crippen molar-refractivity contribution in [1.29, 1.82) is 0 Å². The van der Waals surface area contributed by atoms with Crippen molar-refractivity contribution in [3.05, 3.63) is 47.5 Å². The van der Waals surface area contributed by atoms with Gasteiger partial charge in [-0.05, 0) is 24.5 Å². The Morgan fingerprint density at radius 1 is 1.33 bits per heavy atom. The standard InChI is InChI=1S/C17H23NO3/c1-5-12(2)15(10-11-16(19)21-4)18-17(20)14-9-7-6-8-13(14)3/h6-12,15H,5H2,1-4H3,(H,18,20)/b11-10+. The van der Waals surface area contributed by atoms with E-state index >= 15 is 0 Å². The molecule has 1 rings (SSSR count). The molecule has 114 valence electrons. The second-order valence-corrected chi connectivity index (χ2v) is 5.08. The van der Waals surface area contributed by atoms with Gasteiger partial charge in [-0.2, -0.15) is 0 Å². The SMILES string of the molecule is CCC(C)C(/C=C/C(=O)OC)NC(=O)c1ccccc1C. The summed E-state index contributed by atoms with van der Waals surface area (Å²) in [5, 5.41) is 2.97. The molecule has 4 heteroatoms. The molecule has 0 spiro atoms. The maximum absolute atomic E-state index is 12.3. The van der Waals surface area contributed by atoms with Gasteiger partial charge in [0.15, 0.2) is 0 Å². The minimum absolute atomic E-state index is 0.132. The number of methoxy groups -OCH3 is 1. The molecule has 0 aromatic heterocycles. The van der Waals surface area contributed by atoms with E-state index in [1.165, 1.54) is 13.2 Å². The van der Waals surface area contributed by atoms with Crippen LogP contribution in [0.1, 0.15) is 36.2 Å². The first-order valence-corrected chi connectivity index (χ1v) is 7.12. The summed E-state index contributed by atoms with van der Waals surface area (Å²) >= 11 is 0. The minimum atomic E-state index is -0.423. The largest absolute Gasteiger partial charge is 0.466 e. The molecule has 1 aromatic carbocycles. The van der Waals surface area contributed by atoms with E-state index in [-0.39, 0.29) is 17.9 Å². The van der Waals surface area contributed by atoms with E-state index in [0.717, 1.165) is 12.0 Å². The van der Waals surface area contributed by atoms with Crippen LogP contribution in [0.3, 0.4) is 0 Å². The Morgan fingerprint density at radius 2 is 2.00 bits per heavy atom. The molecule has 0 saturated carbocycles. The summed E-state index contributed by atoms with van der Waals surface area (Å²) in [4.78, 5) is 23.6. The molecule has 21 heavy (non-hydrogen) atoms. The zero-order valence-electron chi connectivity index (χ0n) is 13.1. The van der Waals surface area contributed by atoms with Crippen LogP contribution in [0.2, 0.25) is 0 Å². The molecule has 1 N–H and O–H groups in total. The van der Waals surface area contributed by atoms with Crippen LogP contribution in [0.25, 0.3) is 0 Å². The lowest BCUT2D eigenvalue weighted by molar-refractivity contribution is -0.134. The van der Waals surface area contributed by atoms with Crippen molar-refractivity contribution in [3.8, 4) is 0 Å². The normalized spacial score (nSPS) is 13.7. The maximum Gasteiger partial charge on any atom is 0.330 e. The van der Waals surface area contributed by atoms with Gasteiger partial charge in [0.2, 0.25) is 0 Å². The van der Waals surface area contributed by atoms with Crippen LogP contribution in [-0.2, 0) is 9.53 Å². The number of hydrogen-bond acceptors (Lipinski definition) is 3. The molecule has 0 aliphatic rings. The van der Waals surface area contributed by atoms with Gasteiger partial charge in [-0.3, -0.25) is 4.79 Å². The van der Waals surface area contributed by atoms with E-state index in [9.17, 15) is 9.59 Å². The predicted molar refractivity (Wildman–Crippen MR) is 83.0 cm³/mol. The van der Waals surface area contributed by atoms with Gasteiger partial charge in [0, 0.05) is 11.6 Å². The molecule has 0 saturated heterocycles. The lowest BCUT2D eigenvalue weighted by Gasteiger charge is -2.21. The predicted octanol–water partition coefficient (Wildman–Crippen LogP) is 2.87. The van der Waals surface area contributed by atoms with Crippen LogP contribution < -0.4 is 5.32 Å². The summed E-state index contributed by atoms with van der Waals surface area (Å²) in [5.74, 6) is -0.333. The Kier molecular flexibility index (Phi) is 6.66. The van der Waals surface area contributed by atoms with Crippen LogP contribution in [-0.4, -0.2) is 25.0 Å². The highest BCUT2D eigenvalue weighted by Gasteiger charge is 2.17. The molecule has 4 nitrogen and oxygen atoms in total. The zero-order valence-corrected chi connectivity index (χ0v) is 13.1. The summed E-state index contributed by atoms with van der Waals surface area (Å²) in [6.45, 7) is 5.98. The van der Waals surface area contributed by atoms with Crippen molar-refractivity contribution >= 4 is 11.9 Å². The second kappa shape index (κ2) is 8.25. The van der Waals surface area contributed by atoms with Gasteiger partial charge in [0.25, 0.3) is 5.91 Å². The number of carbonyl (C=O) groups excluding carboxylic acids is 2. The molecule has 0 aliphatic carbocycles. The number of benzene rings is 1. The molecule has 2 unspecified atom stereocenters. The van der Waals surface area contributed by atoms with Gasteiger partial charge in [0.05, 0.1) is 13.2 Å².